The number of phenolic OH excluding ortho intramolecular Hbond substituents is 1. The zero-order valence-corrected chi connectivity index (χ0v) is 29.8. The van der Waals surface area contributed by atoms with Gasteiger partial charge in [-0.15, -0.1) is 0 Å². The van der Waals surface area contributed by atoms with Gasteiger partial charge in [-0.05, 0) is 133 Å². The Balaban J connectivity index is 1.36. The molecule has 2 bridgehead atoms. The number of esters is 2. The molecule has 2 fully saturated rings. The first-order valence-corrected chi connectivity index (χ1v) is 18.8. The number of carbonyl (C=O) groups is 2. The second-order valence-electron chi connectivity index (χ2n) is 15.0. The first-order chi connectivity index (χ1) is 24.9. The molecular weight excluding hydrogens is 634 g/mol. The van der Waals surface area contributed by atoms with Crippen LogP contribution in [0.1, 0.15) is 75.5 Å². The molecule has 9 rings (SSSR count). The van der Waals surface area contributed by atoms with Gasteiger partial charge in [-0.2, -0.15) is 0 Å². The summed E-state index contributed by atoms with van der Waals surface area (Å²) in [5.74, 6) is 1.05. The van der Waals surface area contributed by atoms with Crippen molar-refractivity contribution < 1.29 is 24.2 Å². The molecule has 0 unspecified atom stereocenters. The molecular formula is C45H47NO5. The molecule has 0 amide bonds. The predicted molar refractivity (Wildman–Crippen MR) is 199 cm³/mol. The molecule has 6 heteroatoms. The highest BCUT2D eigenvalue weighted by atomic mass is 16.5. The lowest BCUT2D eigenvalue weighted by molar-refractivity contribution is -0.135. The zero-order valence-electron chi connectivity index (χ0n) is 29.8. The standard InChI is InChI=1S/C45H47NO5/c1-4-6-15-37-35-19-18-34-33-20-21-45(41(34)40(35)43(48)50-37)38(24-27(5-2)22-28-11-8-7-9-12-28)51-44(49)42(45)39(33)36-25-31(47)16-17-32(36)30-14-10-13-29(23-30)26-46-3/h7-17,23-25,27,33-34,41,46-47H,4-6,18-22,26H2,1-3H3/t27-,33+,34+,41+,45+/m1/s1. The number of rotatable bonds is 10. The molecule has 2 aliphatic heterocycles. The van der Waals surface area contributed by atoms with Gasteiger partial charge >= 0.3 is 11.9 Å². The lowest BCUT2D eigenvalue weighted by Crippen LogP contribution is -2.52. The molecule has 4 aliphatic carbocycles. The second-order valence-corrected chi connectivity index (χ2v) is 15.0. The minimum atomic E-state index is -0.799. The van der Waals surface area contributed by atoms with E-state index in [1.165, 1.54) is 5.56 Å². The highest BCUT2D eigenvalue weighted by Crippen LogP contribution is 2.72. The van der Waals surface area contributed by atoms with Crippen molar-refractivity contribution in [2.24, 2.45) is 29.1 Å². The summed E-state index contributed by atoms with van der Waals surface area (Å²) in [5, 5.41) is 14.3. The SMILES string of the molecule is CCCC=C1OC(=O)C2=C1CC[C@H]1[C@@H]3CC[C@]4(C(=C[C@H](CC)Cc5ccccc5)OC(=O)C4=C3c3cc(O)ccc3-c3cccc(CNC)c3)[C@H]21. The molecule has 6 nitrogen and oxygen atoms in total. The lowest BCUT2D eigenvalue weighted by Gasteiger charge is -2.56. The van der Waals surface area contributed by atoms with Gasteiger partial charge in [0.25, 0.3) is 0 Å². The van der Waals surface area contributed by atoms with E-state index in [-0.39, 0.29) is 41.4 Å². The molecule has 3 aromatic rings. The fraction of sp³-hybridized carbons (Fsp3) is 0.378. The third-order valence-electron chi connectivity index (χ3n) is 12.1. The van der Waals surface area contributed by atoms with E-state index >= 15 is 0 Å². The molecule has 0 aromatic heterocycles. The molecule has 51 heavy (non-hydrogen) atoms. The maximum atomic E-state index is 14.6. The first-order valence-electron chi connectivity index (χ1n) is 18.8. The summed E-state index contributed by atoms with van der Waals surface area (Å²) in [6.07, 6.45) is 11.1. The molecule has 1 saturated carbocycles. The van der Waals surface area contributed by atoms with Crippen LogP contribution in [0.15, 0.2) is 113 Å². The van der Waals surface area contributed by atoms with E-state index in [2.05, 4.69) is 79.8 Å². The van der Waals surface area contributed by atoms with Crippen LogP contribution in [0.5, 0.6) is 5.75 Å². The Labute approximate surface area is 301 Å². The molecule has 2 N–H and O–H groups in total. The molecule has 6 aliphatic rings. The Kier molecular flexibility index (Phi) is 8.83. The van der Waals surface area contributed by atoms with Gasteiger partial charge < -0.3 is 19.9 Å². The summed E-state index contributed by atoms with van der Waals surface area (Å²) in [6.45, 7) is 5.04. The van der Waals surface area contributed by atoms with Crippen molar-refractivity contribution in [1.82, 2.24) is 5.32 Å². The molecule has 1 saturated heterocycles. The zero-order chi connectivity index (χ0) is 35.3. The summed E-state index contributed by atoms with van der Waals surface area (Å²) < 4.78 is 12.5. The summed E-state index contributed by atoms with van der Waals surface area (Å²) in [4.78, 5) is 28.6. The van der Waals surface area contributed by atoms with Crippen LogP contribution in [-0.2, 0) is 32.0 Å². The molecule has 3 aromatic carbocycles. The van der Waals surface area contributed by atoms with Crippen molar-refractivity contribution in [2.45, 2.75) is 71.8 Å². The van der Waals surface area contributed by atoms with E-state index in [9.17, 15) is 14.7 Å². The van der Waals surface area contributed by atoms with Gasteiger partial charge in [0.05, 0.1) is 11.0 Å². The number of fused-ring (bicyclic) bond motifs is 1. The van der Waals surface area contributed by atoms with Crippen LogP contribution in [0.3, 0.4) is 0 Å². The third-order valence-corrected chi connectivity index (χ3v) is 12.1. The first kappa shape index (κ1) is 33.5. The van der Waals surface area contributed by atoms with Crippen molar-refractivity contribution in [1.29, 1.82) is 0 Å². The van der Waals surface area contributed by atoms with Crippen molar-refractivity contribution >= 4 is 17.5 Å². The van der Waals surface area contributed by atoms with Crippen LogP contribution in [0.4, 0.5) is 0 Å². The van der Waals surface area contributed by atoms with Crippen LogP contribution in [0.2, 0.25) is 0 Å². The van der Waals surface area contributed by atoms with E-state index in [1.54, 1.807) is 6.07 Å². The van der Waals surface area contributed by atoms with E-state index in [1.807, 2.05) is 25.2 Å². The quantitative estimate of drug-likeness (QED) is 0.208. The summed E-state index contributed by atoms with van der Waals surface area (Å²) in [7, 11) is 1.94. The number of cyclic esters (lactones) is 2. The van der Waals surface area contributed by atoms with E-state index < -0.39 is 5.41 Å². The lowest BCUT2D eigenvalue weighted by atomic mass is 9.44. The van der Waals surface area contributed by atoms with Crippen LogP contribution in [-0.4, -0.2) is 24.1 Å². The number of ether oxygens (including phenoxy) is 2. The van der Waals surface area contributed by atoms with Crippen molar-refractivity contribution in [2.75, 3.05) is 7.05 Å². The highest BCUT2D eigenvalue weighted by molar-refractivity contribution is 6.07. The topological polar surface area (TPSA) is 84.9 Å². The van der Waals surface area contributed by atoms with Gasteiger partial charge in [-0.1, -0.05) is 74.9 Å². The van der Waals surface area contributed by atoms with Crippen molar-refractivity contribution in [3.8, 4) is 16.9 Å². The number of benzene rings is 3. The van der Waals surface area contributed by atoms with Gasteiger partial charge in [-0.3, -0.25) is 0 Å². The molecule has 0 radical (unpaired) electrons. The minimum absolute atomic E-state index is 0.0247. The molecule has 2 heterocycles. The Morgan fingerprint density at radius 3 is 2.53 bits per heavy atom. The summed E-state index contributed by atoms with van der Waals surface area (Å²) in [5.41, 5.74) is 7.92. The highest BCUT2D eigenvalue weighted by Gasteiger charge is 2.68. The van der Waals surface area contributed by atoms with Gasteiger partial charge in [0.1, 0.15) is 17.3 Å². The van der Waals surface area contributed by atoms with Gasteiger partial charge in [-0.25, -0.2) is 9.59 Å². The summed E-state index contributed by atoms with van der Waals surface area (Å²) >= 11 is 0. The number of phenols is 1. The number of allylic oxidation sites excluding steroid dienone is 5. The number of unbranched alkanes of at least 4 members (excludes halogenated alkanes) is 1. The van der Waals surface area contributed by atoms with Gasteiger partial charge in [0, 0.05) is 23.6 Å². The maximum absolute atomic E-state index is 14.6. The Morgan fingerprint density at radius 2 is 1.75 bits per heavy atom. The predicted octanol–water partition coefficient (Wildman–Crippen LogP) is 9.22. The number of aromatic hydroxyl groups is 1. The number of carbonyl (C=O) groups excluding carboxylic acids is 2. The second kappa shape index (κ2) is 13.5. The third kappa shape index (κ3) is 5.50. The van der Waals surface area contributed by atoms with Gasteiger partial charge in [0.15, 0.2) is 0 Å². The largest absolute Gasteiger partial charge is 0.508 e. The molecule has 262 valence electrons. The normalized spacial score (nSPS) is 27.1. The summed E-state index contributed by atoms with van der Waals surface area (Å²) in [6, 6.07) is 24.5. The number of hydrogen-bond donors (Lipinski definition) is 2. The van der Waals surface area contributed by atoms with Crippen LogP contribution in [0.25, 0.3) is 16.7 Å². The fourth-order valence-corrected chi connectivity index (χ4v) is 10.0. The average molecular weight is 682 g/mol. The van der Waals surface area contributed by atoms with E-state index in [0.29, 0.717) is 17.1 Å². The van der Waals surface area contributed by atoms with Crippen LogP contribution >= 0.6 is 0 Å². The molecule has 1 spiro atoms. The van der Waals surface area contributed by atoms with E-state index in [4.69, 9.17) is 9.47 Å². The number of nitrogens with one attached hydrogen (secondary N) is 1. The molecule has 5 atom stereocenters. The Bertz CT molecular complexity index is 2020. The average Bonchev–Trinajstić information content (AvgIpc) is 3.63. The van der Waals surface area contributed by atoms with Gasteiger partial charge in [0.2, 0.25) is 0 Å². The minimum Gasteiger partial charge on any atom is -0.508 e. The van der Waals surface area contributed by atoms with Crippen molar-refractivity contribution in [3.05, 3.63) is 130 Å². The van der Waals surface area contributed by atoms with Crippen LogP contribution in [0, 0.1) is 29.1 Å². The van der Waals surface area contributed by atoms with E-state index in [0.717, 1.165) is 96.9 Å². The number of hydrogen-bond acceptors (Lipinski definition) is 6. The monoisotopic (exact) mass is 681 g/mol. The Morgan fingerprint density at radius 1 is 0.922 bits per heavy atom. The fourth-order valence-electron chi connectivity index (χ4n) is 10.0. The van der Waals surface area contributed by atoms with Crippen molar-refractivity contribution in [3.63, 3.8) is 0 Å². The Hall–Kier alpha value is -4.68. The van der Waals surface area contributed by atoms with Crippen LogP contribution < -0.4 is 5.32 Å². The maximum Gasteiger partial charge on any atom is 0.340 e. The smallest absolute Gasteiger partial charge is 0.340 e.